The number of rotatable bonds is 4. The number of carbonyl (C=O) groups excluding carboxylic acids is 2. The van der Waals surface area contributed by atoms with Crippen LogP contribution in [0.5, 0.6) is 0 Å². The second-order valence-corrected chi connectivity index (χ2v) is 6.99. The molecule has 0 unspecified atom stereocenters. The number of thioether (sulfide) groups is 1. The molecule has 3 nitrogen and oxygen atoms in total. The number of ketones is 1. The quantitative estimate of drug-likeness (QED) is 0.455. The summed E-state index contributed by atoms with van der Waals surface area (Å²) in [5.74, 6) is -0.751. The molecule has 0 N–H and O–H groups in total. The van der Waals surface area contributed by atoms with E-state index in [9.17, 15) is 9.59 Å². The summed E-state index contributed by atoms with van der Waals surface area (Å²) < 4.78 is 5.77. The van der Waals surface area contributed by atoms with Gasteiger partial charge >= 0.3 is 5.97 Å². The summed E-state index contributed by atoms with van der Waals surface area (Å²) in [5.41, 5.74) is 2.69. The Kier molecular flexibility index (Phi) is 5.37. The maximum atomic E-state index is 12.3. The van der Waals surface area contributed by atoms with Crippen LogP contribution in [0, 0.1) is 0 Å². The maximum absolute atomic E-state index is 12.3. The molecule has 2 rings (SSSR count). The Morgan fingerprint density at radius 1 is 1.09 bits per heavy atom. The van der Waals surface area contributed by atoms with Crippen LogP contribution in [0.4, 0.5) is 0 Å². The third-order valence-electron chi connectivity index (χ3n) is 4.17. The molecule has 5 heteroatoms. The van der Waals surface area contributed by atoms with Gasteiger partial charge in [-0.1, -0.05) is 30.0 Å². The van der Waals surface area contributed by atoms with Crippen LogP contribution in [0.15, 0.2) is 57.5 Å². The van der Waals surface area contributed by atoms with E-state index >= 15 is 0 Å². The molecule has 122 valence electrons. The van der Waals surface area contributed by atoms with Crippen LogP contribution in [0.3, 0.4) is 0 Å². The highest BCUT2D eigenvalue weighted by atomic mass is 35.5. The molecule has 0 spiro atoms. The van der Waals surface area contributed by atoms with E-state index in [1.165, 1.54) is 11.8 Å². The summed E-state index contributed by atoms with van der Waals surface area (Å²) in [6, 6.07) is 9.66. The lowest BCUT2D eigenvalue weighted by molar-refractivity contribution is -0.144. The summed E-state index contributed by atoms with van der Waals surface area (Å²) in [4.78, 5) is 24.2. The molecule has 1 aromatic carbocycles. The largest absolute Gasteiger partial charge is 0.438 e. The molecule has 23 heavy (non-hydrogen) atoms. The molecular weight excluding hydrogens is 332 g/mol. The van der Waals surface area contributed by atoms with E-state index in [0.29, 0.717) is 11.1 Å². The Balaban J connectivity index is 2.61. The minimum Gasteiger partial charge on any atom is -0.438 e. The first-order chi connectivity index (χ1) is 10.8. The molecule has 0 fully saturated rings. The van der Waals surface area contributed by atoms with Crippen LogP contribution in [-0.4, -0.2) is 22.6 Å². The average Bonchev–Trinajstić information content (AvgIpc) is 2.57. The molecular formula is C18H19ClO3S. The van der Waals surface area contributed by atoms with Crippen molar-refractivity contribution in [2.45, 2.75) is 37.5 Å². The zero-order valence-corrected chi connectivity index (χ0v) is 15.2. The number of hydrogen-bond acceptors (Lipinski definition) is 4. The maximum Gasteiger partial charge on any atom is 0.322 e. The van der Waals surface area contributed by atoms with Crippen LogP contribution >= 0.6 is 23.4 Å². The Morgan fingerprint density at radius 2 is 1.61 bits per heavy atom. The third-order valence-corrected chi connectivity index (χ3v) is 5.87. The molecule has 0 amide bonds. The van der Waals surface area contributed by atoms with Crippen molar-refractivity contribution in [2.75, 3.05) is 5.88 Å². The van der Waals surface area contributed by atoms with Crippen LogP contribution in [0.2, 0.25) is 0 Å². The SMILES string of the molecule is CC1=C(C)C(OC(=O)CCl)(Sc2ccccc2)C(C)=C(C)C1=O. The number of benzene rings is 1. The molecule has 1 aromatic rings. The molecule has 0 saturated carbocycles. The van der Waals surface area contributed by atoms with E-state index in [4.69, 9.17) is 16.3 Å². The number of Topliss-reactive ketones (excluding diaryl/α,β-unsaturated/α-hetero) is 1. The topological polar surface area (TPSA) is 43.4 Å². The molecule has 0 aliphatic heterocycles. The molecule has 1 aliphatic carbocycles. The Hall–Kier alpha value is -1.52. The lowest BCUT2D eigenvalue weighted by Crippen LogP contribution is -2.40. The number of allylic oxidation sites excluding steroid dienone is 2. The van der Waals surface area contributed by atoms with Crippen LogP contribution < -0.4 is 0 Å². The number of halogens is 1. The van der Waals surface area contributed by atoms with Gasteiger partial charge < -0.3 is 4.74 Å². The van der Waals surface area contributed by atoms with Gasteiger partial charge in [-0.05, 0) is 51.0 Å². The molecule has 0 atom stereocenters. The zero-order chi connectivity index (χ0) is 17.2. The van der Waals surface area contributed by atoms with Crippen LogP contribution in [0.1, 0.15) is 27.7 Å². The van der Waals surface area contributed by atoms with Gasteiger partial charge in [-0.3, -0.25) is 9.59 Å². The van der Waals surface area contributed by atoms with Crippen molar-refractivity contribution in [2.24, 2.45) is 0 Å². The second-order valence-electron chi connectivity index (χ2n) is 5.47. The second kappa shape index (κ2) is 6.93. The highest BCUT2D eigenvalue weighted by molar-refractivity contribution is 8.01. The Morgan fingerprint density at radius 3 is 2.09 bits per heavy atom. The lowest BCUT2D eigenvalue weighted by atomic mass is 9.85. The normalized spacial score (nSPS) is 17.5. The number of carbonyl (C=O) groups is 2. The minimum atomic E-state index is -1.03. The number of alkyl halides is 1. The van der Waals surface area contributed by atoms with E-state index < -0.39 is 10.9 Å². The fraction of sp³-hybridized carbons (Fsp3) is 0.333. The predicted octanol–water partition coefficient (Wildman–Crippen LogP) is 4.51. The Bertz CT molecular complexity index is 676. The summed E-state index contributed by atoms with van der Waals surface area (Å²) in [7, 11) is 0. The van der Waals surface area contributed by atoms with Crippen molar-refractivity contribution in [3.05, 3.63) is 52.6 Å². The van der Waals surface area contributed by atoms with E-state index in [-0.39, 0.29) is 11.7 Å². The standard InChI is InChI=1S/C18H19ClO3S/c1-11-13(3)18(22-16(20)10-19,14(4)12(2)17(11)21)23-15-8-6-5-7-9-15/h5-9H,10H2,1-4H3. The molecule has 0 radical (unpaired) electrons. The van der Waals surface area contributed by atoms with Gasteiger partial charge in [0.15, 0.2) is 5.78 Å². The lowest BCUT2D eigenvalue weighted by Gasteiger charge is -2.39. The van der Waals surface area contributed by atoms with Gasteiger partial charge in [0.2, 0.25) is 4.93 Å². The fourth-order valence-corrected chi connectivity index (χ4v) is 3.99. The number of ether oxygens (including phenoxy) is 1. The average molecular weight is 351 g/mol. The predicted molar refractivity (Wildman–Crippen MR) is 93.6 cm³/mol. The van der Waals surface area contributed by atoms with Crippen molar-refractivity contribution in [3.8, 4) is 0 Å². The molecule has 1 aliphatic rings. The summed E-state index contributed by atoms with van der Waals surface area (Å²) in [6.07, 6.45) is 0. The highest BCUT2D eigenvalue weighted by Crippen LogP contribution is 2.49. The molecule has 0 heterocycles. The molecule has 0 aromatic heterocycles. The number of esters is 1. The van der Waals surface area contributed by atoms with E-state index in [1.807, 2.05) is 44.2 Å². The molecule has 0 saturated heterocycles. The van der Waals surface area contributed by atoms with Crippen LogP contribution in [-0.2, 0) is 14.3 Å². The Labute approximate surface area is 145 Å². The first-order valence-electron chi connectivity index (χ1n) is 7.26. The first kappa shape index (κ1) is 17.8. The van der Waals surface area contributed by atoms with Gasteiger partial charge in [0, 0.05) is 16.0 Å². The van der Waals surface area contributed by atoms with Crippen molar-refractivity contribution in [3.63, 3.8) is 0 Å². The summed E-state index contributed by atoms with van der Waals surface area (Å²) in [5, 5.41) is 0. The minimum absolute atomic E-state index is 0.00814. The van der Waals surface area contributed by atoms with Crippen molar-refractivity contribution in [1.82, 2.24) is 0 Å². The highest BCUT2D eigenvalue weighted by Gasteiger charge is 2.45. The number of hydrogen-bond donors (Lipinski definition) is 0. The fourth-order valence-electron chi connectivity index (χ4n) is 2.57. The third kappa shape index (κ3) is 3.24. The zero-order valence-electron chi connectivity index (χ0n) is 13.6. The van der Waals surface area contributed by atoms with Gasteiger partial charge in [-0.2, -0.15) is 0 Å². The summed E-state index contributed by atoms with van der Waals surface area (Å²) >= 11 is 7.06. The van der Waals surface area contributed by atoms with E-state index in [2.05, 4.69) is 0 Å². The van der Waals surface area contributed by atoms with Crippen molar-refractivity contribution < 1.29 is 14.3 Å². The van der Waals surface area contributed by atoms with Gasteiger partial charge in [0.1, 0.15) is 5.88 Å². The van der Waals surface area contributed by atoms with Crippen molar-refractivity contribution >= 4 is 35.1 Å². The van der Waals surface area contributed by atoms with Gasteiger partial charge in [0.25, 0.3) is 0 Å². The van der Waals surface area contributed by atoms with Crippen LogP contribution in [0.25, 0.3) is 0 Å². The van der Waals surface area contributed by atoms with Gasteiger partial charge in [-0.25, -0.2) is 0 Å². The summed E-state index contributed by atoms with van der Waals surface area (Å²) in [6.45, 7) is 7.20. The monoisotopic (exact) mass is 350 g/mol. The smallest absolute Gasteiger partial charge is 0.322 e. The van der Waals surface area contributed by atoms with Gasteiger partial charge in [0.05, 0.1) is 0 Å². The van der Waals surface area contributed by atoms with Crippen molar-refractivity contribution in [1.29, 1.82) is 0 Å². The van der Waals surface area contributed by atoms with Gasteiger partial charge in [-0.15, -0.1) is 11.6 Å². The molecule has 0 bridgehead atoms. The van der Waals surface area contributed by atoms with E-state index in [0.717, 1.165) is 16.0 Å². The van der Waals surface area contributed by atoms with E-state index in [1.54, 1.807) is 13.8 Å². The first-order valence-corrected chi connectivity index (χ1v) is 8.61.